The summed E-state index contributed by atoms with van der Waals surface area (Å²) in [6, 6.07) is 26.9. The van der Waals surface area contributed by atoms with Gasteiger partial charge in [-0.2, -0.15) is 0 Å². The van der Waals surface area contributed by atoms with Gasteiger partial charge in [0.1, 0.15) is 18.3 Å². The van der Waals surface area contributed by atoms with Crippen molar-refractivity contribution in [3.8, 4) is 5.75 Å². The average molecular weight is 631 g/mol. The van der Waals surface area contributed by atoms with Gasteiger partial charge in [-0.05, 0) is 48.4 Å². The van der Waals surface area contributed by atoms with E-state index in [2.05, 4.69) is 5.32 Å². The molecule has 4 rings (SSSR count). The lowest BCUT2D eigenvalue weighted by Gasteiger charge is -2.33. The SMILES string of the molecule is CNC(=O)[C@H](Cc1ccccc1)N(Cc1ccccc1)C(=O)CN(c1ccc(OC)cc1)S(=O)(=O)c1ccc(C)c([N+](=O)[O-])c1. The fraction of sp³-hybridized carbons (Fsp3) is 0.212. The molecule has 0 radical (unpaired) electrons. The summed E-state index contributed by atoms with van der Waals surface area (Å²) in [5.41, 5.74) is 1.59. The second-order valence-electron chi connectivity index (χ2n) is 10.2. The number of nitro groups is 1. The Bertz CT molecular complexity index is 1750. The number of aryl methyl sites for hydroxylation is 1. The van der Waals surface area contributed by atoms with Gasteiger partial charge in [0.2, 0.25) is 11.8 Å². The van der Waals surface area contributed by atoms with Gasteiger partial charge in [-0.15, -0.1) is 0 Å². The number of carbonyl (C=O) groups excluding carboxylic acids is 2. The fourth-order valence-corrected chi connectivity index (χ4v) is 6.29. The minimum absolute atomic E-state index is 0.0249. The van der Waals surface area contributed by atoms with Crippen LogP contribution in [0.25, 0.3) is 0 Å². The van der Waals surface area contributed by atoms with Crippen LogP contribution < -0.4 is 14.4 Å². The van der Waals surface area contributed by atoms with Crippen molar-refractivity contribution in [3.05, 3.63) is 130 Å². The second-order valence-corrected chi connectivity index (χ2v) is 12.1. The number of nitro benzene ring substituents is 1. The minimum atomic E-state index is -4.52. The predicted octanol–water partition coefficient (Wildman–Crippen LogP) is 4.49. The summed E-state index contributed by atoms with van der Waals surface area (Å²) in [4.78, 5) is 39.6. The zero-order valence-electron chi connectivity index (χ0n) is 25.1. The van der Waals surface area contributed by atoms with Crippen LogP contribution in [-0.2, 0) is 32.6 Å². The van der Waals surface area contributed by atoms with Gasteiger partial charge in [0.05, 0.1) is 22.6 Å². The number of likely N-dealkylation sites (N-methyl/N-ethyl adjacent to an activating group) is 1. The summed E-state index contributed by atoms with van der Waals surface area (Å²) in [7, 11) is -1.58. The fourth-order valence-electron chi connectivity index (χ4n) is 4.85. The molecule has 234 valence electrons. The van der Waals surface area contributed by atoms with E-state index in [9.17, 15) is 28.1 Å². The molecule has 4 aromatic carbocycles. The Balaban J connectivity index is 1.81. The average Bonchev–Trinajstić information content (AvgIpc) is 3.05. The third kappa shape index (κ3) is 7.84. The highest BCUT2D eigenvalue weighted by molar-refractivity contribution is 7.92. The molecule has 1 N–H and O–H groups in total. The maximum absolute atomic E-state index is 14.3. The van der Waals surface area contributed by atoms with E-state index in [4.69, 9.17) is 4.74 Å². The van der Waals surface area contributed by atoms with E-state index >= 15 is 0 Å². The Morgan fingerprint density at radius 2 is 1.51 bits per heavy atom. The van der Waals surface area contributed by atoms with Crippen molar-refractivity contribution in [1.82, 2.24) is 10.2 Å². The van der Waals surface area contributed by atoms with Gasteiger partial charge in [0.25, 0.3) is 15.7 Å². The predicted molar refractivity (Wildman–Crippen MR) is 170 cm³/mol. The molecule has 0 unspecified atom stereocenters. The van der Waals surface area contributed by atoms with E-state index in [1.54, 1.807) is 12.1 Å². The molecule has 0 fully saturated rings. The molecule has 0 saturated heterocycles. The number of ether oxygens (including phenoxy) is 1. The standard InChI is InChI=1S/C33H34N4O7S/c1-24-14-19-29(21-30(24)37(40)41)45(42,43)36(27-15-17-28(44-3)18-16-27)23-32(38)35(22-26-12-8-5-9-13-26)31(33(39)34-2)20-25-10-6-4-7-11-25/h4-19,21,31H,20,22-23H2,1-3H3,(H,34,39)/t31-/m0/s1. The van der Waals surface area contributed by atoms with Crippen LogP contribution in [0, 0.1) is 17.0 Å². The number of nitrogens with one attached hydrogen (secondary N) is 1. The molecule has 45 heavy (non-hydrogen) atoms. The lowest BCUT2D eigenvalue weighted by Crippen LogP contribution is -2.53. The number of benzene rings is 4. The smallest absolute Gasteiger partial charge is 0.273 e. The Hall–Kier alpha value is -5.23. The number of carbonyl (C=O) groups is 2. The maximum atomic E-state index is 14.3. The highest BCUT2D eigenvalue weighted by Crippen LogP contribution is 2.29. The van der Waals surface area contributed by atoms with Crippen LogP contribution in [0.1, 0.15) is 16.7 Å². The number of hydrogen-bond donors (Lipinski definition) is 1. The van der Waals surface area contributed by atoms with Crippen molar-refractivity contribution in [2.75, 3.05) is 25.0 Å². The first-order valence-electron chi connectivity index (χ1n) is 14.1. The molecule has 0 heterocycles. The first-order chi connectivity index (χ1) is 21.5. The van der Waals surface area contributed by atoms with Crippen molar-refractivity contribution in [1.29, 1.82) is 0 Å². The zero-order valence-corrected chi connectivity index (χ0v) is 25.9. The second kappa shape index (κ2) is 14.5. The van der Waals surface area contributed by atoms with Crippen LogP contribution in [0.15, 0.2) is 108 Å². The van der Waals surface area contributed by atoms with E-state index < -0.39 is 39.3 Å². The summed E-state index contributed by atoms with van der Waals surface area (Å²) < 4.78 is 34.4. The van der Waals surface area contributed by atoms with Gasteiger partial charge in [0.15, 0.2) is 0 Å². The number of hydrogen-bond acceptors (Lipinski definition) is 7. The maximum Gasteiger partial charge on any atom is 0.273 e. The number of rotatable bonds is 13. The molecule has 0 saturated carbocycles. The number of nitrogens with zero attached hydrogens (tertiary/aromatic N) is 3. The van der Waals surface area contributed by atoms with Crippen LogP contribution in [0.4, 0.5) is 11.4 Å². The zero-order chi connectivity index (χ0) is 32.6. The minimum Gasteiger partial charge on any atom is -0.497 e. The highest BCUT2D eigenvalue weighted by atomic mass is 32.2. The largest absolute Gasteiger partial charge is 0.497 e. The topological polar surface area (TPSA) is 139 Å². The molecular formula is C33H34N4O7S. The summed E-state index contributed by atoms with van der Waals surface area (Å²) in [5, 5.41) is 14.3. The third-order valence-corrected chi connectivity index (χ3v) is 9.09. The van der Waals surface area contributed by atoms with E-state index in [-0.39, 0.29) is 34.8 Å². The number of anilines is 1. The number of sulfonamides is 1. The van der Waals surface area contributed by atoms with Gasteiger partial charge in [0, 0.05) is 31.6 Å². The van der Waals surface area contributed by atoms with Crippen LogP contribution in [0.5, 0.6) is 5.75 Å². The molecule has 1 atom stereocenters. The van der Waals surface area contributed by atoms with E-state index in [1.807, 2.05) is 60.7 Å². The van der Waals surface area contributed by atoms with Gasteiger partial charge in [-0.1, -0.05) is 66.7 Å². The monoisotopic (exact) mass is 630 g/mol. The van der Waals surface area contributed by atoms with Gasteiger partial charge in [-0.3, -0.25) is 24.0 Å². The Morgan fingerprint density at radius 3 is 2.07 bits per heavy atom. The molecular weight excluding hydrogens is 596 g/mol. The molecule has 0 spiro atoms. The van der Waals surface area contributed by atoms with E-state index in [0.717, 1.165) is 21.5 Å². The van der Waals surface area contributed by atoms with E-state index in [0.29, 0.717) is 5.75 Å². The van der Waals surface area contributed by atoms with Crippen LogP contribution in [0.3, 0.4) is 0 Å². The van der Waals surface area contributed by atoms with Crippen LogP contribution in [0.2, 0.25) is 0 Å². The van der Waals surface area contributed by atoms with Gasteiger partial charge >= 0.3 is 0 Å². The molecule has 0 bridgehead atoms. The molecule has 11 nitrogen and oxygen atoms in total. The van der Waals surface area contributed by atoms with Crippen LogP contribution >= 0.6 is 0 Å². The van der Waals surface area contributed by atoms with E-state index in [1.165, 1.54) is 50.2 Å². The normalized spacial score (nSPS) is 11.7. The van der Waals surface area contributed by atoms with Crippen molar-refractivity contribution in [2.45, 2.75) is 30.8 Å². The lowest BCUT2D eigenvalue weighted by molar-refractivity contribution is -0.385. The Kier molecular flexibility index (Phi) is 10.5. The third-order valence-electron chi connectivity index (χ3n) is 7.32. The molecule has 2 amide bonds. The summed E-state index contributed by atoms with van der Waals surface area (Å²) in [6.07, 6.45) is 0.179. The first kappa shape index (κ1) is 32.7. The van der Waals surface area contributed by atoms with Crippen LogP contribution in [-0.4, -0.2) is 56.8 Å². The van der Waals surface area contributed by atoms with Crippen molar-refractivity contribution < 1.29 is 27.7 Å². The Labute approximate surface area is 262 Å². The molecule has 0 aliphatic carbocycles. The van der Waals surface area contributed by atoms with Gasteiger partial charge < -0.3 is 15.0 Å². The molecule has 4 aromatic rings. The molecule has 0 aliphatic heterocycles. The molecule has 0 aliphatic rings. The van der Waals surface area contributed by atoms with Crippen molar-refractivity contribution in [3.63, 3.8) is 0 Å². The number of methoxy groups -OCH3 is 1. The lowest BCUT2D eigenvalue weighted by atomic mass is 10.0. The molecule has 0 aromatic heterocycles. The summed E-state index contributed by atoms with van der Waals surface area (Å²) in [5.74, 6) is -0.609. The first-order valence-corrected chi connectivity index (χ1v) is 15.5. The summed E-state index contributed by atoms with van der Waals surface area (Å²) in [6.45, 7) is 0.842. The van der Waals surface area contributed by atoms with Crippen molar-refractivity contribution in [2.24, 2.45) is 0 Å². The van der Waals surface area contributed by atoms with Gasteiger partial charge in [-0.25, -0.2) is 8.42 Å². The number of amides is 2. The molecule has 12 heteroatoms. The van der Waals surface area contributed by atoms with Crippen molar-refractivity contribution >= 4 is 33.2 Å². The Morgan fingerprint density at radius 1 is 0.911 bits per heavy atom. The quantitative estimate of drug-likeness (QED) is 0.170. The highest BCUT2D eigenvalue weighted by Gasteiger charge is 2.35. The summed E-state index contributed by atoms with van der Waals surface area (Å²) >= 11 is 0.